The average Bonchev–Trinajstić information content (AvgIpc) is 2.70. The van der Waals surface area contributed by atoms with Crippen molar-refractivity contribution in [3.05, 3.63) is 0 Å². The van der Waals surface area contributed by atoms with E-state index in [1.807, 2.05) is 0 Å². The van der Waals surface area contributed by atoms with E-state index in [0.29, 0.717) is 12.8 Å². The molecule has 1 fully saturated rings. The van der Waals surface area contributed by atoms with Crippen LogP contribution in [-0.2, 0) is 4.79 Å². The molecular formula is C15H28N2O4. The molecule has 1 aliphatic carbocycles. The van der Waals surface area contributed by atoms with Gasteiger partial charge < -0.3 is 20.4 Å². The van der Waals surface area contributed by atoms with Crippen molar-refractivity contribution in [2.24, 2.45) is 5.41 Å². The zero-order valence-electron chi connectivity index (χ0n) is 13.3. The lowest BCUT2D eigenvalue weighted by Crippen LogP contribution is -2.54. The van der Waals surface area contributed by atoms with Gasteiger partial charge in [-0.15, -0.1) is 0 Å². The third kappa shape index (κ3) is 4.33. The zero-order valence-corrected chi connectivity index (χ0v) is 13.3. The van der Waals surface area contributed by atoms with Gasteiger partial charge in [-0.2, -0.15) is 0 Å². The Kier molecular flexibility index (Phi) is 6.01. The summed E-state index contributed by atoms with van der Waals surface area (Å²) in [6, 6.07) is -0.348. The van der Waals surface area contributed by atoms with Crippen LogP contribution in [0.2, 0.25) is 0 Å². The van der Waals surface area contributed by atoms with Gasteiger partial charge in [0.05, 0.1) is 17.6 Å². The van der Waals surface area contributed by atoms with Crippen molar-refractivity contribution < 1.29 is 19.8 Å². The van der Waals surface area contributed by atoms with E-state index < -0.39 is 16.9 Å². The number of carbonyl (C=O) groups is 2. The van der Waals surface area contributed by atoms with Gasteiger partial charge in [0.15, 0.2) is 0 Å². The lowest BCUT2D eigenvalue weighted by atomic mass is 9.80. The lowest BCUT2D eigenvalue weighted by molar-refractivity contribution is -0.149. The zero-order chi connectivity index (χ0) is 16.1. The number of aliphatic carboxylic acids is 1. The number of rotatable bonds is 5. The minimum atomic E-state index is -0.851. The highest BCUT2D eigenvalue weighted by molar-refractivity contribution is 5.78. The molecule has 21 heavy (non-hydrogen) atoms. The first-order valence-electron chi connectivity index (χ1n) is 7.61. The Balaban J connectivity index is 2.69. The molecule has 0 bridgehead atoms. The van der Waals surface area contributed by atoms with E-state index >= 15 is 0 Å². The Morgan fingerprint density at radius 1 is 1.19 bits per heavy atom. The van der Waals surface area contributed by atoms with Crippen molar-refractivity contribution in [1.82, 2.24) is 10.2 Å². The van der Waals surface area contributed by atoms with Crippen molar-refractivity contribution in [2.45, 2.75) is 57.9 Å². The fourth-order valence-corrected chi connectivity index (χ4v) is 2.62. The summed E-state index contributed by atoms with van der Waals surface area (Å²) in [6.45, 7) is 3.50. The minimum Gasteiger partial charge on any atom is -0.481 e. The molecule has 0 radical (unpaired) electrons. The van der Waals surface area contributed by atoms with Crippen molar-refractivity contribution in [3.8, 4) is 0 Å². The molecule has 0 aromatic rings. The highest BCUT2D eigenvalue weighted by Crippen LogP contribution is 2.34. The number of likely N-dealkylation sites (N-methyl/N-ethyl adjacent to an activating group) is 1. The molecule has 0 unspecified atom stereocenters. The van der Waals surface area contributed by atoms with Crippen LogP contribution < -0.4 is 5.32 Å². The Morgan fingerprint density at radius 3 is 2.14 bits per heavy atom. The van der Waals surface area contributed by atoms with Crippen molar-refractivity contribution in [2.75, 3.05) is 20.2 Å². The molecule has 0 spiro atoms. The summed E-state index contributed by atoms with van der Waals surface area (Å²) >= 11 is 0. The fraction of sp³-hybridized carbons (Fsp3) is 0.867. The predicted molar refractivity (Wildman–Crippen MR) is 80.1 cm³/mol. The molecule has 0 heterocycles. The predicted octanol–water partition coefficient (Wildman–Crippen LogP) is 1.82. The molecule has 122 valence electrons. The number of hydrogen-bond acceptors (Lipinski definition) is 3. The summed E-state index contributed by atoms with van der Waals surface area (Å²) in [4.78, 5) is 25.2. The number of carboxylic acids is 1. The average molecular weight is 300 g/mol. The van der Waals surface area contributed by atoms with Crippen LogP contribution in [-0.4, -0.2) is 52.9 Å². The maximum Gasteiger partial charge on any atom is 0.317 e. The van der Waals surface area contributed by atoms with Crippen molar-refractivity contribution in [3.63, 3.8) is 0 Å². The first-order valence-corrected chi connectivity index (χ1v) is 7.61. The van der Waals surface area contributed by atoms with Gasteiger partial charge in [0.1, 0.15) is 0 Å². The van der Waals surface area contributed by atoms with Crippen LogP contribution in [0.5, 0.6) is 0 Å². The van der Waals surface area contributed by atoms with Gasteiger partial charge in [-0.05, 0) is 26.7 Å². The maximum absolute atomic E-state index is 12.2. The van der Waals surface area contributed by atoms with Crippen molar-refractivity contribution >= 4 is 12.0 Å². The maximum atomic E-state index is 12.2. The highest BCUT2D eigenvalue weighted by Gasteiger charge is 2.39. The first kappa shape index (κ1) is 17.8. The van der Waals surface area contributed by atoms with E-state index in [4.69, 9.17) is 0 Å². The number of hydrogen-bond donors (Lipinski definition) is 3. The molecule has 2 amide bonds. The molecule has 6 nitrogen and oxygen atoms in total. The largest absolute Gasteiger partial charge is 0.481 e. The standard InChI is InChI=1S/C15H28N2O4/c1-14(2,11-18)17(3)13(21)16-10-15(12(19)20)8-6-4-5-7-9-15/h18H,4-11H2,1-3H3,(H,16,21)(H,19,20). The Morgan fingerprint density at radius 2 is 1.71 bits per heavy atom. The number of aliphatic hydroxyl groups is 1. The van der Waals surface area contributed by atoms with Gasteiger partial charge in [0.2, 0.25) is 0 Å². The van der Waals surface area contributed by atoms with Gasteiger partial charge in [-0.25, -0.2) is 4.79 Å². The van der Waals surface area contributed by atoms with Crippen LogP contribution in [0.15, 0.2) is 0 Å². The SMILES string of the molecule is CN(C(=O)NCC1(C(=O)O)CCCCCC1)C(C)(C)CO. The summed E-state index contributed by atoms with van der Waals surface area (Å²) in [5.41, 5.74) is -1.53. The molecule has 6 heteroatoms. The molecule has 0 atom stereocenters. The smallest absolute Gasteiger partial charge is 0.317 e. The van der Waals surface area contributed by atoms with E-state index in [9.17, 15) is 19.8 Å². The van der Waals surface area contributed by atoms with E-state index in [1.165, 1.54) is 4.90 Å². The molecule has 0 aromatic carbocycles. The summed E-state index contributed by atoms with van der Waals surface area (Å²) in [5, 5.41) is 21.6. The second-order valence-electron chi connectivity index (χ2n) is 6.69. The number of nitrogens with zero attached hydrogens (tertiary/aromatic N) is 1. The van der Waals surface area contributed by atoms with E-state index in [1.54, 1.807) is 20.9 Å². The van der Waals surface area contributed by atoms with Gasteiger partial charge in [-0.3, -0.25) is 4.79 Å². The highest BCUT2D eigenvalue weighted by atomic mass is 16.4. The Bertz CT molecular complexity index is 374. The second-order valence-corrected chi connectivity index (χ2v) is 6.69. The third-order valence-corrected chi connectivity index (χ3v) is 4.69. The number of nitrogens with one attached hydrogen (secondary N) is 1. The summed E-state index contributed by atoms with van der Waals surface area (Å²) in [6.07, 6.45) is 5.10. The quantitative estimate of drug-likeness (QED) is 0.676. The summed E-state index contributed by atoms with van der Waals surface area (Å²) < 4.78 is 0. The number of carboxylic acid groups (broad SMARTS) is 1. The lowest BCUT2D eigenvalue weighted by Gasteiger charge is -2.35. The molecular weight excluding hydrogens is 272 g/mol. The van der Waals surface area contributed by atoms with Crippen LogP contribution in [0.3, 0.4) is 0 Å². The molecule has 1 rings (SSSR count). The summed E-state index contributed by atoms with van der Waals surface area (Å²) in [7, 11) is 1.60. The Hall–Kier alpha value is -1.30. The molecule has 3 N–H and O–H groups in total. The molecule has 1 aliphatic rings. The van der Waals surface area contributed by atoms with Gasteiger partial charge >= 0.3 is 12.0 Å². The number of aliphatic hydroxyl groups excluding tert-OH is 1. The topological polar surface area (TPSA) is 89.9 Å². The van der Waals surface area contributed by atoms with E-state index in [2.05, 4.69) is 5.32 Å². The number of urea groups is 1. The Labute approximate surface area is 126 Å². The van der Waals surface area contributed by atoms with Crippen LogP contribution in [0.4, 0.5) is 4.79 Å². The normalized spacial score (nSPS) is 18.7. The van der Waals surface area contributed by atoms with Gasteiger partial charge in [0, 0.05) is 13.6 Å². The molecule has 1 saturated carbocycles. The monoisotopic (exact) mass is 300 g/mol. The molecule has 0 aliphatic heterocycles. The number of carbonyl (C=O) groups excluding carboxylic acids is 1. The van der Waals surface area contributed by atoms with Crippen LogP contribution in [0, 0.1) is 5.41 Å². The molecule has 0 aromatic heterocycles. The van der Waals surface area contributed by atoms with Crippen LogP contribution >= 0.6 is 0 Å². The van der Waals surface area contributed by atoms with E-state index in [-0.39, 0.29) is 19.2 Å². The van der Waals surface area contributed by atoms with Crippen molar-refractivity contribution in [1.29, 1.82) is 0 Å². The van der Waals surface area contributed by atoms with Gasteiger partial charge in [0.25, 0.3) is 0 Å². The fourth-order valence-electron chi connectivity index (χ4n) is 2.62. The van der Waals surface area contributed by atoms with Crippen LogP contribution in [0.25, 0.3) is 0 Å². The van der Waals surface area contributed by atoms with Gasteiger partial charge in [-0.1, -0.05) is 25.7 Å². The molecule has 0 saturated heterocycles. The second kappa shape index (κ2) is 7.11. The minimum absolute atomic E-state index is 0.146. The number of amides is 2. The first-order chi connectivity index (χ1) is 9.75. The summed E-state index contributed by atoms with van der Waals surface area (Å²) in [5.74, 6) is -0.825. The third-order valence-electron chi connectivity index (χ3n) is 4.69. The van der Waals surface area contributed by atoms with E-state index in [0.717, 1.165) is 25.7 Å². The van der Waals surface area contributed by atoms with Crippen LogP contribution in [0.1, 0.15) is 52.4 Å².